The summed E-state index contributed by atoms with van der Waals surface area (Å²) in [6.45, 7) is 1.44. The molecule has 0 unspecified atom stereocenters. The Balaban J connectivity index is 1.82. The van der Waals surface area contributed by atoms with Gasteiger partial charge in [0, 0.05) is 24.7 Å². The van der Waals surface area contributed by atoms with E-state index in [1.165, 1.54) is 19.2 Å². The number of hydrogen-bond acceptors (Lipinski definition) is 4. The van der Waals surface area contributed by atoms with Crippen molar-refractivity contribution in [2.45, 2.75) is 24.2 Å². The van der Waals surface area contributed by atoms with Gasteiger partial charge in [0.2, 0.25) is 0 Å². The molecule has 1 aliphatic heterocycles. The molecule has 0 spiro atoms. The monoisotopic (exact) mass is 374 g/mol. The van der Waals surface area contributed by atoms with Crippen LogP contribution < -0.4 is 9.46 Å². The molecule has 1 heterocycles. The Morgan fingerprint density at radius 3 is 2.50 bits per heavy atom. The van der Waals surface area contributed by atoms with Crippen molar-refractivity contribution in [1.29, 1.82) is 0 Å². The fourth-order valence-corrected chi connectivity index (χ4v) is 4.07. The fourth-order valence-electron chi connectivity index (χ4n) is 2.98. The van der Waals surface area contributed by atoms with Crippen molar-refractivity contribution >= 4 is 21.6 Å². The number of rotatable bonds is 5. The summed E-state index contributed by atoms with van der Waals surface area (Å²) in [7, 11) is -2.28. The van der Waals surface area contributed by atoms with Gasteiger partial charge >= 0.3 is 0 Å². The summed E-state index contributed by atoms with van der Waals surface area (Å²) in [4.78, 5) is 14.5. The van der Waals surface area contributed by atoms with E-state index in [-0.39, 0.29) is 10.8 Å². The van der Waals surface area contributed by atoms with Crippen LogP contribution in [0.1, 0.15) is 29.6 Å². The van der Waals surface area contributed by atoms with Gasteiger partial charge in [0.25, 0.3) is 15.9 Å². The van der Waals surface area contributed by atoms with Gasteiger partial charge in [0.15, 0.2) is 0 Å². The lowest BCUT2D eigenvalue weighted by molar-refractivity contribution is 0.0724. The predicted octanol–water partition coefficient (Wildman–Crippen LogP) is 3.12. The van der Waals surface area contributed by atoms with E-state index < -0.39 is 10.0 Å². The van der Waals surface area contributed by atoms with Crippen LogP contribution in [0.4, 0.5) is 5.69 Å². The minimum Gasteiger partial charge on any atom is -0.497 e. The van der Waals surface area contributed by atoms with E-state index in [1.54, 1.807) is 41.3 Å². The van der Waals surface area contributed by atoms with Gasteiger partial charge < -0.3 is 9.64 Å². The maximum Gasteiger partial charge on any atom is 0.261 e. The Morgan fingerprint density at radius 2 is 1.77 bits per heavy atom. The van der Waals surface area contributed by atoms with Crippen molar-refractivity contribution in [2.75, 3.05) is 24.9 Å². The number of nitrogens with zero attached hydrogens (tertiary/aromatic N) is 1. The van der Waals surface area contributed by atoms with Crippen molar-refractivity contribution in [2.24, 2.45) is 0 Å². The van der Waals surface area contributed by atoms with Crippen LogP contribution in [-0.4, -0.2) is 39.4 Å². The van der Waals surface area contributed by atoms with E-state index >= 15 is 0 Å². The molecule has 0 saturated carbocycles. The largest absolute Gasteiger partial charge is 0.497 e. The standard InChI is InChI=1S/C19H22N2O4S/c1-25-17-9-6-8-16(14-17)20-26(23,24)18-10-5-7-15(13-18)19(22)21-11-3-2-4-12-21/h5-10,13-14,20H,2-4,11-12H2,1H3. The summed E-state index contributed by atoms with van der Waals surface area (Å²) in [5.74, 6) is 0.433. The zero-order chi connectivity index (χ0) is 18.6. The van der Waals surface area contributed by atoms with E-state index in [1.807, 2.05) is 0 Å². The van der Waals surface area contributed by atoms with E-state index in [4.69, 9.17) is 4.74 Å². The van der Waals surface area contributed by atoms with E-state index in [0.717, 1.165) is 32.4 Å². The third-order valence-corrected chi connectivity index (χ3v) is 5.74. The highest BCUT2D eigenvalue weighted by Crippen LogP contribution is 2.22. The normalized spacial score (nSPS) is 14.7. The number of sulfonamides is 1. The maximum absolute atomic E-state index is 12.7. The summed E-state index contributed by atoms with van der Waals surface area (Å²) in [6, 6.07) is 12.8. The highest BCUT2D eigenvalue weighted by Gasteiger charge is 2.21. The average molecular weight is 374 g/mol. The second-order valence-corrected chi connectivity index (χ2v) is 7.90. The molecule has 1 aliphatic rings. The maximum atomic E-state index is 12.7. The van der Waals surface area contributed by atoms with Crippen molar-refractivity contribution in [3.05, 3.63) is 54.1 Å². The molecule has 7 heteroatoms. The number of anilines is 1. The molecule has 0 radical (unpaired) electrons. The molecule has 26 heavy (non-hydrogen) atoms. The second-order valence-electron chi connectivity index (χ2n) is 6.22. The smallest absolute Gasteiger partial charge is 0.261 e. The molecule has 3 rings (SSSR count). The lowest BCUT2D eigenvalue weighted by atomic mass is 10.1. The van der Waals surface area contributed by atoms with Gasteiger partial charge in [-0.3, -0.25) is 9.52 Å². The Bertz CT molecular complexity index is 890. The van der Waals surface area contributed by atoms with Crippen LogP contribution in [0.2, 0.25) is 0 Å². The van der Waals surface area contributed by atoms with Crippen LogP contribution in [0.3, 0.4) is 0 Å². The molecule has 1 amide bonds. The Kier molecular flexibility index (Phi) is 5.46. The van der Waals surface area contributed by atoms with Crippen LogP contribution in [0.25, 0.3) is 0 Å². The molecule has 0 aromatic heterocycles. The zero-order valence-electron chi connectivity index (χ0n) is 14.6. The van der Waals surface area contributed by atoms with Crippen molar-refractivity contribution in [1.82, 2.24) is 4.90 Å². The van der Waals surface area contributed by atoms with Crippen molar-refractivity contribution in [3.63, 3.8) is 0 Å². The Morgan fingerprint density at radius 1 is 1.04 bits per heavy atom. The second kappa shape index (κ2) is 7.78. The number of benzene rings is 2. The average Bonchev–Trinajstić information content (AvgIpc) is 2.68. The number of nitrogens with one attached hydrogen (secondary N) is 1. The van der Waals surface area contributed by atoms with Gasteiger partial charge in [-0.15, -0.1) is 0 Å². The highest BCUT2D eigenvalue weighted by molar-refractivity contribution is 7.92. The topological polar surface area (TPSA) is 75.7 Å². The van der Waals surface area contributed by atoms with Gasteiger partial charge in [0.1, 0.15) is 5.75 Å². The van der Waals surface area contributed by atoms with Gasteiger partial charge in [-0.2, -0.15) is 0 Å². The SMILES string of the molecule is COc1cccc(NS(=O)(=O)c2cccc(C(=O)N3CCCCC3)c2)c1. The zero-order valence-corrected chi connectivity index (χ0v) is 15.5. The van der Waals surface area contributed by atoms with Crippen LogP contribution in [-0.2, 0) is 10.0 Å². The molecule has 6 nitrogen and oxygen atoms in total. The summed E-state index contributed by atoms with van der Waals surface area (Å²) >= 11 is 0. The number of amides is 1. The third-order valence-electron chi connectivity index (χ3n) is 4.36. The summed E-state index contributed by atoms with van der Waals surface area (Å²) in [6.07, 6.45) is 3.10. The molecular weight excluding hydrogens is 352 g/mol. The number of carbonyl (C=O) groups is 1. The highest BCUT2D eigenvalue weighted by atomic mass is 32.2. The Labute approximate surface area is 153 Å². The minimum absolute atomic E-state index is 0.0585. The summed E-state index contributed by atoms with van der Waals surface area (Å²) in [5, 5.41) is 0. The first-order valence-electron chi connectivity index (χ1n) is 8.56. The molecule has 0 atom stereocenters. The molecule has 2 aromatic rings. The quantitative estimate of drug-likeness (QED) is 0.872. The number of ether oxygens (including phenoxy) is 1. The van der Waals surface area contributed by atoms with E-state index in [9.17, 15) is 13.2 Å². The van der Waals surface area contributed by atoms with Crippen LogP contribution in [0, 0.1) is 0 Å². The fraction of sp³-hybridized carbons (Fsp3) is 0.316. The number of methoxy groups -OCH3 is 1. The molecular formula is C19H22N2O4S. The number of hydrogen-bond donors (Lipinski definition) is 1. The van der Waals surface area contributed by atoms with E-state index in [2.05, 4.69) is 4.72 Å². The third kappa shape index (κ3) is 4.16. The van der Waals surface area contributed by atoms with Crippen LogP contribution >= 0.6 is 0 Å². The summed E-state index contributed by atoms with van der Waals surface area (Å²) < 4.78 is 33.0. The molecule has 2 aromatic carbocycles. The molecule has 1 N–H and O–H groups in total. The first-order valence-corrected chi connectivity index (χ1v) is 10.0. The van der Waals surface area contributed by atoms with Gasteiger partial charge in [-0.25, -0.2) is 8.42 Å². The van der Waals surface area contributed by atoms with Crippen LogP contribution in [0.15, 0.2) is 53.4 Å². The Hall–Kier alpha value is -2.54. The number of piperidine rings is 1. The molecule has 1 fully saturated rings. The minimum atomic E-state index is -3.80. The number of carbonyl (C=O) groups excluding carboxylic acids is 1. The van der Waals surface area contributed by atoms with E-state index in [0.29, 0.717) is 17.0 Å². The van der Waals surface area contributed by atoms with Crippen molar-refractivity contribution in [3.8, 4) is 5.75 Å². The molecule has 0 aliphatic carbocycles. The molecule has 138 valence electrons. The molecule has 1 saturated heterocycles. The first kappa shape index (κ1) is 18.3. The first-order chi connectivity index (χ1) is 12.5. The van der Waals surface area contributed by atoms with Gasteiger partial charge in [-0.1, -0.05) is 12.1 Å². The lowest BCUT2D eigenvalue weighted by Gasteiger charge is -2.26. The number of likely N-dealkylation sites (tertiary alicyclic amines) is 1. The van der Waals surface area contributed by atoms with Crippen LogP contribution in [0.5, 0.6) is 5.75 Å². The lowest BCUT2D eigenvalue weighted by Crippen LogP contribution is -2.35. The predicted molar refractivity (Wildman–Crippen MR) is 100.0 cm³/mol. The summed E-state index contributed by atoms with van der Waals surface area (Å²) in [5.41, 5.74) is 0.789. The van der Waals surface area contributed by atoms with Gasteiger partial charge in [0.05, 0.1) is 17.7 Å². The van der Waals surface area contributed by atoms with Crippen molar-refractivity contribution < 1.29 is 17.9 Å². The molecule has 0 bridgehead atoms. The van der Waals surface area contributed by atoms with Gasteiger partial charge in [-0.05, 0) is 49.6 Å².